The van der Waals surface area contributed by atoms with E-state index < -0.39 is 0 Å². The van der Waals surface area contributed by atoms with Crippen molar-refractivity contribution in [3.63, 3.8) is 0 Å². The van der Waals surface area contributed by atoms with E-state index in [-0.39, 0.29) is 11.5 Å². The second-order valence-electron chi connectivity index (χ2n) is 5.36. The summed E-state index contributed by atoms with van der Waals surface area (Å²) in [5, 5.41) is 0.498. The third kappa shape index (κ3) is 1.88. The van der Waals surface area contributed by atoms with Crippen molar-refractivity contribution in [2.24, 2.45) is 5.92 Å². The summed E-state index contributed by atoms with van der Waals surface area (Å²) in [6.45, 7) is 0. The molecule has 100 valence electrons. The molecule has 2 heterocycles. The van der Waals surface area contributed by atoms with Crippen molar-refractivity contribution >= 4 is 10.9 Å². The maximum absolute atomic E-state index is 12.0. The van der Waals surface area contributed by atoms with Gasteiger partial charge in [0.15, 0.2) is 0 Å². The van der Waals surface area contributed by atoms with Crippen molar-refractivity contribution in [3.05, 3.63) is 58.6 Å². The molecule has 0 radical (unpaired) electrons. The Morgan fingerprint density at radius 2 is 2.20 bits per heavy atom. The minimum Gasteiger partial charge on any atom is -0.408 e. The van der Waals surface area contributed by atoms with Gasteiger partial charge in [-0.25, -0.2) is 9.78 Å². The van der Waals surface area contributed by atoms with Crippen LogP contribution in [0, 0.1) is 5.92 Å². The van der Waals surface area contributed by atoms with Crippen LogP contribution in [0.3, 0.4) is 0 Å². The number of fused-ring (bicyclic) bond motifs is 1. The average molecular weight is 266 g/mol. The third-order valence-corrected chi connectivity index (χ3v) is 4.01. The van der Waals surface area contributed by atoms with Crippen LogP contribution in [-0.4, -0.2) is 9.97 Å². The van der Waals surface area contributed by atoms with Crippen LogP contribution in [0.1, 0.15) is 31.1 Å². The minimum absolute atomic E-state index is 0.237. The van der Waals surface area contributed by atoms with Gasteiger partial charge in [0.05, 0.1) is 17.1 Å². The first-order chi connectivity index (χ1) is 9.83. The first-order valence-corrected chi connectivity index (χ1v) is 6.94. The van der Waals surface area contributed by atoms with Gasteiger partial charge in [0, 0.05) is 12.1 Å². The molecule has 4 heteroatoms. The molecular weight excluding hydrogens is 252 g/mol. The Kier molecular flexibility index (Phi) is 2.55. The Morgan fingerprint density at radius 1 is 1.25 bits per heavy atom. The summed E-state index contributed by atoms with van der Waals surface area (Å²) in [5.41, 5.74) is 1.67. The Bertz CT molecular complexity index is 788. The van der Waals surface area contributed by atoms with Crippen molar-refractivity contribution in [3.8, 4) is 0 Å². The molecule has 0 bridgehead atoms. The quantitative estimate of drug-likeness (QED) is 0.838. The largest absolute Gasteiger partial charge is 0.408 e. The number of allylic oxidation sites excluding steroid dienone is 4. The summed E-state index contributed by atoms with van der Waals surface area (Å²) < 4.78 is 5.39. The lowest BCUT2D eigenvalue weighted by atomic mass is 10.0. The number of pyridine rings is 1. The zero-order chi connectivity index (χ0) is 13.5. The predicted octanol–water partition coefficient (Wildman–Crippen LogP) is 2.96. The molecule has 0 amide bonds. The summed E-state index contributed by atoms with van der Waals surface area (Å²) in [4.78, 5) is 20.4. The summed E-state index contributed by atoms with van der Waals surface area (Å²) in [6.07, 6.45) is 13.1. The number of nitrogens with zero attached hydrogens (tertiary/aromatic N) is 2. The Hall–Kier alpha value is -2.23. The molecule has 1 saturated carbocycles. The molecule has 2 aliphatic carbocycles. The number of hydrogen-bond donors (Lipinski definition) is 0. The molecule has 1 fully saturated rings. The molecule has 4 nitrogen and oxygen atoms in total. The van der Waals surface area contributed by atoms with Crippen molar-refractivity contribution in [1.82, 2.24) is 9.97 Å². The van der Waals surface area contributed by atoms with Crippen molar-refractivity contribution in [1.29, 1.82) is 0 Å². The zero-order valence-electron chi connectivity index (χ0n) is 11.0. The Labute approximate surface area is 115 Å². The number of hydrogen-bond acceptors (Lipinski definition) is 4. The smallest absolute Gasteiger partial charge is 0.346 e. The maximum Gasteiger partial charge on any atom is 0.346 e. The fraction of sp³-hybridized carbons (Fsp3) is 0.312. The van der Waals surface area contributed by atoms with Gasteiger partial charge in [-0.05, 0) is 36.8 Å². The molecule has 2 aliphatic rings. The fourth-order valence-electron chi connectivity index (χ4n) is 2.84. The summed E-state index contributed by atoms with van der Waals surface area (Å²) in [6, 6.07) is 1.65. The number of aromatic nitrogens is 2. The summed E-state index contributed by atoms with van der Waals surface area (Å²) in [5.74, 6) is 1.25. The van der Waals surface area contributed by atoms with Crippen LogP contribution in [0.25, 0.3) is 10.9 Å². The molecule has 20 heavy (non-hydrogen) atoms. The Balaban J connectivity index is 1.69. The van der Waals surface area contributed by atoms with Crippen LogP contribution in [0.4, 0.5) is 0 Å². The van der Waals surface area contributed by atoms with Crippen LogP contribution < -0.4 is 5.63 Å². The molecule has 0 spiro atoms. The van der Waals surface area contributed by atoms with E-state index in [0.29, 0.717) is 22.7 Å². The van der Waals surface area contributed by atoms with Crippen LogP contribution >= 0.6 is 0 Å². The monoisotopic (exact) mass is 266 g/mol. The molecule has 2 aromatic rings. The lowest BCUT2D eigenvalue weighted by Crippen LogP contribution is -2.05. The highest BCUT2D eigenvalue weighted by Crippen LogP contribution is 2.52. The molecule has 0 aromatic carbocycles. The molecule has 0 aliphatic heterocycles. The van der Waals surface area contributed by atoms with E-state index in [9.17, 15) is 4.79 Å². The first kappa shape index (κ1) is 11.6. The van der Waals surface area contributed by atoms with E-state index in [0.717, 1.165) is 19.3 Å². The van der Waals surface area contributed by atoms with Gasteiger partial charge in [0.25, 0.3) is 0 Å². The van der Waals surface area contributed by atoms with Gasteiger partial charge in [0.1, 0.15) is 0 Å². The van der Waals surface area contributed by atoms with Crippen LogP contribution in [0.5, 0.6) is 0 Å². The second kappa shape index (κ2) is 4.40. The first-order valence-electron chi connectivity index (χ1n) is 6.94. The summed E-state index contributed by atoms with van der Waals surface area (Å²) >= 11 is 0. The lowest BCUT2D eigenvalue weighted by molar-refractivity contribution is 0.442. The van der Waals surface area contributed by atoms with E-state index in [4.69, 9.17) is 4.42 Å². The molecule has 0 N–H and O–H groups in total. The molecule has 0 saturated heterocycles. The van der Waals surface area contributed by atoms with Gasteiger partial charge >= 0.3 is 5.63 Å². The van der Waals surface area contributed by atoms with Gasteiger partial charge < -0.3 is 4.42 Å². The molecule has 4 rings (SSSR count). The molecular formula is C16H14N2O2. The highest BCUT2D eigenvalue weighted by atomic mass is 16.4. The third-order valence-electron chi connectivity index (χ3n) is 4.01. The van der Waals surface area contributed by atoms with E-state index >= 15 is 0 Å². The van der Waals surface area contributed by atoms with Gasteiger partial charge in [0.2, 0.25) is 5.89 Å². The van der Waals surface area contributed by atoms with Crippen LogP contribution in [-0.2, 0) is 0 Å². The number of rotatable bonds is 2. The molecule has 2 unspecified atom stereocenters. The molecule has 2 atom stereocenters. The van der Waals surface area contributed by atoms with Gasteiger partial charge in [-0.1, -0.05) is 18.2 Å². The maximum atomic E-state index is 12.0. The van der Waals surface area contributed by atoms with Crippen molar-refractivity contribution < 1.29 is 4.42 Å². The summed E-state index contributed by atoms with van der Waals surface area (Å²) in [7, 11) is 0. The van der Waals surface area contributed by atoms with Gasteiger partial charge in [-0.3, -0.25) is 4.98 Å². The SMILES string of the molecule is O=c1oc(C2CC2C2=CCCC=C2)nc2cnccc12. The fourth-order valence-corrected chi connectivity index (χ4v) is 2.84. The van der Waals surface area contributed by atoms with Gasteiger partial charge in [-0.2, -0.15) is 0 Å². The Morgan fingerprint density at radius 3 is 3.05 bits per heavy atom. The van der Waals surface area contributed by atoms with E-state index in [1.54, 1.807) is 18.5 Å². The van der Waals surface area contributed by atoms with Crippen LogP contribution in [0.2, 0.25) is 0 Å². The van der Waals surface area contributed by atoms with E-state index in [2.05, 4.69) is 28.2 Å². The predicted molar refractivity (Wildman–Crippen MR) is 75.4 cm³/mol. The van der Waals surface area contributed by atoms with E-state index in [1.807, 2.05) is 0 Å². The lowest BCUT2D eigenvalue weighted by Gasteiger charge is -2.05. The highest BCUT2D eigenvalue weighted by molar-refractivity contribution is 5.75. The normalized spacial score (nSPS) is 24.7. The average Bonchev–Trinajstić information content (AvgIpc) is 3.29. The topological polar surface area (TPSA) is 56.0 Å². The molecule has 2 aromatic heterocycles. The standard InChI is InChI=1S/C16H14N2O2/c19-16-11-6-7-17-9-14(11)18-15(20-16)13-8-12(13)10-4-2-1-3-5-10/h2,4-7,9,12-13H,1,3,8H2. The van der Waals surface area contributed by atoms with Crippen molar-refractivity contribution in [2.45, 2.75) is 25.2 Å². The highest BCUT2D eigenvalue weighted by Gasteiger charge is 2.43. The minimum atomic E-state index is -0.314. The van der Waals surface area contributed by atoms with Crippen molar-refractivity contribution in [2.75, 3.05) is 0 Å². The van der Waals surface area contributed by atoms with Gasteiger partial charge in [-0.15, -0.1) is 0 Å². The van der Waals surface area contributed by atoms with E-state index in [1.165, 1.54) is 5.57 Å². The second-order valence-corrected chi connectivity index (χ2v) is 5.36. The van der Waals surface area contributed by atoms with Crippen LogP contribution in [0.15, 0.2) is 51.5 Å². The zero-order valence-corrected chi connectivity index (χ0v) is 11.0.